The van der Waals surface area contributed by atoms with E-state index in [0.29, 0.717) is 21.5 Å². The van der Waals surface area contributed by atoms with Crippen molar-refractivity contribution in [2.24, 2.45) is 0 Å². The minimum atomic E-state index is -0.395. The third-order valence-corrected chi connectivity index (χ3v) is 4.05. The van der Waals surface area contributed by atoms with Crippen molar-refractivity contribution >= 4 is 34.0 Å². The Hall–Kier alpha value is -2.31. The van der Waals surface area contributed by atoms with Gasteiger partial charge in [-0.1, -0.05) is 29.8 Å². The van der Waals surface area contributed by atoms with E-state index in [1.165, 1.54) is 17.4 Å². The Morgan fingerprint density at radius 2 is 2.13 bits per heavy atom. The van der Waals surface area contributed by atoms with Gasteiger partial charge in [-0.15, -0.1) is 11.3 Å². The van der Waals surface area contributed by atoms with Crippen LogP contribution in [0.15, 0.2) is 48.0 Å². The van der Waals surface area contributed by atoms with E-state index in [9.17, 15) is 9.18 Å². The normalized spacial score (nSPS) is 10.5. The lowest BCUT2D eigenvalue weighted by Crippen LogP contribution is -2.15. The van der Waals surface area contributed by atoms with E-state index in [4.69, 9.17) is 11.6 Å². The van der Waals surface area contributed by atoms with Gasteiger partial charge in [0.1, 0.15) is 11.0 Å². The van der Waals surface area contributed by atoms with Gasteiger partial charge in [0, 0.05) is 17.1 Å². The number of rotatable bonds is 4. The highest BCUT2D eigenvalue weighted by Gasteiger charge is 2.11. The van der Waals surface area contributed by atoms with Crippen molar-refractivity contribution in [1.82, 2.24) is 9.97 Å². The highest BCUT2D eigenvalue weighted by molar-refractivity contribution is 7.14. The standard InChI is InChI=1S/C16H11ClFN3OS/c17-14-7-11(5-6-19-14)13-9-23-16(20-13)21-15(22)8-10-3-1-2-4-12(10)18/h1-7,9H,8H2,(H,20,21,22). The van der Waals surface area contributed by atoms with E-state index >= 15 is 0 Å². The molecule has 0 aliphatic rings. The van der Waals surface area contributed by atoms with Crippen LogP contribution in [-0.2, 0) is 11.2 Å². The van der Waals surface area contributed by atoms with Crippen molar-refractivity contribution in [3.63, 3.8) is 0 Å². The third-order valence-electron chi connectivity index (χ3n) is 3.08. The molecule has 0 unspecified atom stereocenters. The maximum atomic E-state index is 13.5. The number of anilines is 1. The number of aromatic nitrogens is 2. The van der Waals surface area contributed by atoms with E-state index < -0.39 is 5.82 Å². The first-order valence-electron chi connectivity index (χ1n) is 6.72. The number of nitrogens with zero attached hydrogens (tertiary/aromatic N) is 2. The van der Waals surface area contributed by atoms with Crippen LogP contribution in [0, 0.1) is 5.82 Å². The Morgan fingerprint density at radius 3 is 2.91 bits per heavy atom. The molecule has 23 heavy (non-hydrogen) atoms. The predicted octanol–water partition coefficient (Wildman–Crippen LogP) is 4.18. The maximum absolute atomic E-state index is 13.5. The van der Waals surface area contributed by atoms with Gasteiger partial charge in [-0.05, 0) is 23.8 Å². The van der Waals surface area contributed by atoms with E-state index in [2.05, 4.69) is 15.3 Å². The zero-order valence-electron chi connectivity index (χ0n) is 11.8. The molecule has 2 aromatic heterocycles. The summed E-state index contributed by atoms with van der Waals surface area (Å²) < 4.78 is 13.5. The second-order valence-corrected chi connectivity index (χ2v) is 5.97. The molecule has 1 N–H and O–H groups in total. The van der Waals surface area contributed by atoms with Crippen LogP contribution in [0.1, 0.15) is 5.56 Å². The van der Waals surface area contributed by atoms with Gasteiger partial charge >= 0.3 is 0 Å². The first-order chi connectivity index (χ1) is 11.1. The fourth-order valence-electron chi connectivity index (χ4n) is 2.00. The number of hydrogen-bond donors (Lipinski definition) is 1. The Bertz CT molecular complexity index is 853. The molecule has 7 heteroatoms. The summed E-state index contributed by atoms with van der Waals surface area (Å²) in [5, 5.41) is 5.31. The van der Waals surface area contributed by atoms with Crippen LogP contribution >= 0.6 is 22.9 Å². The van der Waals surface area contributed by atoms with Crippen molar-refractivity contribution < 1.29 is 9.18 Å². The number of benzene rings is 1. The summed E-state index contributed by atoms with van der Waals surface area (Å²) in [5.41, 5.74) is 1.86. The number of pyridine rings is 1. The molecule has 0 radical (unpaired) electrons. The van der Waals surface area contributed by atoms with E-state index in [-0.39, 0.29) is 12.3 Å². The SMILES string of the molecule is O=C(Cc1ccccc1F)Nc1nc(-c2ccnc(Cl)c2)cs1. The minimum Gasteiger partial charge on any atom is -0.302 e. The summed E-state index contributed by atoms with van der Waals surface area (Å²) >= 11 is 7.14. The van der Waals surface area contributed by atoms with Gasteiger partial charge in [-0.2, -0.15) is 0 Å². The molecule has 0 spiro atoms. The van der Waals surface area contributed by atoms with Gasteiger partial charge in [0.25, 0.3) is 0 Å². The molecule has 1 amide bonds. The summed E-state index contributed by atoms with van der Waals surface area (Å²) in [5.74, 6) is -0.710. The molecular weight excluding hydrogens is 337 g/mol. The quantitative estimate of drug-likeness (QED) is 0.720. The number of nitrogens with one attached hydrogen (secondary N) is 1. The molecular formula is C16H11ClFN3OS. The largest absolute Gasteiger partial charge is 0.302 e. The number of thiazole rings is 1. The van der Waals surface area contributed by atoms with Crippen molar-refractivity contribution in [2.45, 2.75) is 6.42 Å². The topological polar surface area (TPSA) is 54.9 Å². The molecule has 0 aliphatic heterocycles. The average molecular weight is 348 g/mol. The smallest absolute Gasteiger partial charge is 0.230 e. The van der Waals surface area contributed by atoms with E-state index in [1.54, 1.807) is 36.5 Å². The second-order valence-electron chi connectivity index (χ2n) is 4.72. The Labute approximate surface area is 141 Å². The van der Waals surface area contributed by atoms with Gasteiger partial charge < -0.3 is 5.32 Å². The van der Waals surface area contributed by atoms with E-state index in [1.807, 2.05) is 5.38 Å². The lowest BCUT2D eigenvalue weighted by Gasteiger charge is -2.03. The Kier molecular flexibility index (Phi) is 4.64. The number of carbonyl (C=O) groups excluding carboxylic acids is 1. The van der Waals surface area contributed by atoms with Crippen molar-refractivity contribution in [1.29, 1.82) is 0 Å². The minimum absolute atomic E-state index is 0.0390. The van der Waals surface area contributed by atoms with Crippen molar-refractivity contribution in [3.05, 3.63) is 64.5 Å². The zero-order valence-corrected chi connectivity index (χ0v) is 13.4. The molecule has 0 bridgehead atoms. The van der Waals surface area contributed by atoms with Gasteiger partial charge in [-0.3, -0.25) is 4.79 Å². The van der Waals surface area contributed by atoms with Gasteiger partial charge in [0.2, 0.25) is 5.91 Å². The van der Waals surface area contributed by atoms with E-state index in [0.717, 1.165) is 5.56 Å². The molecule has 0 saturated carbocycles. The van der Waals surface area contributed by atoms with Gasteiger partial charge in [0.05, 0.1) is 12.1 Å². The fourth-order valence-corrected chi connectivity index (χ4v) is 2.91. The zero-order chi connectivity index (χ0) is 16.2. The summed E-state index contributed by atoms with van der Waals surface area (Å²) in [7, 11) is 0. The molecule has 1 aromatic carbocycles. The van der Waals surface area contributed by atoms with Gasteiger partial charge in [-0.25, -0.2) is 14.4 Å². The number of hydrogen-bond acceptors (Lipinski definition) is 4. The molecule has 4 nitrogen and oxygen atoms in total. The molecule has 0 atom stereocenters. The molecule has 2 heterocycles. The second kappa shape index (κ2) is 6.85. The summed E-state index contributed by atoms with van der Waals surface area (Å²) in [6.07, 6.45) is 1.55. The molecule has 3 aromatic rings. The molecule has 0 fully saturated rings. The van der Waals surface area contributed by atoms with Crippen LogP contribution in [0.5, 0.6) is 0 Å². The van der Waals surface area contributed by atoms with Crippen LogP contribution in [-0.4, -0.2) is 15.9 Å². The fraction of sp³-hybridized carbons (Fsp3) is 0.0625. The lowest BCUT2D eigenvalue weighted by molar-refractivity contribution is -0.115. The number of amides is 1. The van der Waals surface area contributed by atoms with Crippen LogP contribution in [0.2, 0.25) is 5.15 Å². The first kappa shape index (κ1) is 15.6. The van der Waals surface area contributed by atoms with Crippen LogP contribution in [0.3, 0.4) is 0 Å². The lowest BCUT2D eigenvalue weighted by atomic mass is 10.1. The highest BCUT2D eigenvalue weighted by Crippen LogP contribution is 2.26. The van der Waals surface area contributed by atoms with Crippen molar-refractivity contribution in [2.75, 3.05) is 5.32 Å². The molecule has 116 valence electrons. The Morgan fingerprint density at radius 1 is 1.30 bits per heavy atom. The van der Waals surface area contributed by atoms with Crippen LogP contribution < -0.4 is 5.32 Å². The third kappa shape index (κ3) is 3.91. The average Bonchev–Trinajstić information content (AvgIpc) is 2.98. The maximum Gasteiger partial charge on any atom is 0.230 e. The van der Waals surface area contributed by atoms with Crippen molar-refractivity contribution in [3.8, 4) is 11.3 Å². The molecule has 3 rings (SSSR count). The summed E-state index contributed by atoms with van der Waals surface area (Å²) in [4.78, 5) is 20.2. The van der Waals surface area contributed by atoms with Crippen LogP contribution in [0.25, 0.3) is 11.3 Å². The number of halogens is 2. The first-order valence-corrected chi connectivity index (χ1v) is 7.98. The van der Waals surface area contributed by atoms with Gasteiger partial charge in [0.15, 0.2) is 5.13 Å². The monoisotopic (exact) mass is 347 g/mol. The summed E-state index contributed by atoms with van der Waals surface area (Å²) in [6.45, 7) is 0. The van der Waals surface area contributed by atoms with Crippen LogP contribution in [0.4, 0.5) is 9.52 Å². The predicted molar refractivity (Wildman–Crippen MR) is 89.1 cm³/mol. The summed E-state index contributed by atoms with van der Waals surface area (Å²) in [6, 6.07) is 9.68. The molecule has 0 saturated heterocycles. The Balaban J connectivity index is 1.69. The highest BCUT2D eigenvalue weighted by atomic mass is 35.5. The number of carbonyl (C=O) groups is 1. The molecule has 0 aliphatic carbocycles.